The van der Waals surface area contributed by atoms with Gasteiger partial charge >= 0.3 is 0 Å². The van der Waals surface area contributed by atoms with Crippen LogP contribution in [-0.2, 0) is 0 Å². The van der Waals surface area contributed by atoms with Crippen molar-refractivity contribution >= 4 is 0 Å². The fourth-order valence-corrected chi connectivity index (χ4v) is 2.84. The molecule has 0 aromatic rings. The summed E-state index contributed by atoms with van der Waals surface area (Å²) in [6.07, 6.45) is 11.2. The molecule has 0 saturated heterocycles. The van der Waals surface area contributed by atoms with Gasteiger partial charge in [-0.2, -0.15) is 0 Å². The molecule has 18 heavy (non-hydrogen) atoms. The van der Waals surface area contributed by atoms with E-state index in [0.717, 1.165) is 12.8 Å². The molecule has 0 amide bonds. The molecule has 0 aliphatic heterocycles. The lowest BCUT2D eigenvalue weighted by Crippen LogP contribution is -2.32. The smallest absolute Gasteiger partial charge is 0.0573 e. The van der Waals surface area contributed by atoms with Crippen LogP contribution >= 0.6 is 0 Å². The highest BCUT2D eigenvalue weighted by Crippen LogP contribution is 2.34. The molecule has 1 nitrogen and oxygen atoms in total. The summed E-state index contributed by atoms with van der Waals surface area (Å²) in [6, 6.07) is 0. The molecule has 0 rings (SSSR count). The number of hydrogen-bond acceptors (Lipinski definition) is 1. The molecule has 110 valence electrons. The van der Waals surface area contributed by atoms with E-state index < -0.39 is 0 Å². The lowest BCUT2D eigenvalue weighted by molar-refractivity contribution is 0.0292. The van der Waals surface area contributed by atoms with Crippen molar-refractivity contribution in [1.82, 2.24) is 0 Å². The van der Waals surface area contributed by atoms with E-state index >= 15 is 0 Å². The molecule has 2 atom stereocenters. The quantitative estimate of drug-likeness (QED) is 0.507. The average molecular weight is 256 g/mol. The third-order valence-electron chi connectivity index (χ3n) is 4.03. The molecule has 1 heteroatoms. The van der Waals surface area contributed by atoms with Crippen molar-refractivity contribution in [3.63, 3.8) is 0 Å². The molecular formula is C17H36O. The molecule has 0 aliphatic carbocycles. The second-order valence-electron chi connectivity index (χ2n) is 6.88. The minimum atomic E-state index is -0.106. The van der Waals surface area contributed by atoms with E-state index in [2.05, 4.69) is 34.6 Å². The van der Waals surface area contributed by atoms with Gasteiger partial charge < -0.3 is 5.11 Å². The molecule has 0 aliphatic rings. The van der Waals surface area contributed by atoms with Crippen molar-refractivity contribution in [2.45, 2.75) is 98.5 Å². The van der Waals surface area contributed by atoms with E-state index in [4.69, 9.17) is 0 Å². The molecular weight excluding hydrogens is 220 g/mol. The van der Waals surface area contributed by atoms with Crippen LogP contribution in [0, 0.1) is 11.3 Å². The van der Waals surface area contributed by atoms with Crippen LogP contribution < -0.4 is 0 Å². The summed E-state index contributed by atoms with van der Waals surface area (Å²) < 4.78 is 0. The van der Waals surface area contributed by atoms with Gasteiger partial charge in [0.25, 0.3) is 0 Å². The first-order chi connectivity index (χ1) is 8.43. The normalized spacial score (nSPS) is 15.7. The highest BCUT2D eigenvalue weighted by molar-refractivity contribution is 4.80. The van der Waals surface area contributed by atoms with Crippen molar-refractivity contribution in [3.05, 3.63) is 0 Å². The molecule has 0 radical (unpaired) electrons. The Morgan fingerprint density at radius 1 is 0.778 bits per heavy atom. The zero-order valence-corrected chi connectivity index (χ0v) is 13.5. The molecule has 0 bridgehead atoms. The van der Waals surface area contributed by atoms with Crippen LogP contribution in [0.2, 0.25) is 0 Å². The topological polar surface area (TPSA) is 20.2 Å². The van der Waals surface area contributed by atoms with Gasteiger partial charge in [0.05, 0.1) is 6.10 Å². The van der Waals surface area contributed by atoms with Gasteiger partial charge in [0.1, 0.15) is 0 Å². The minimum absolute atomic E-state index is 0.106. The van der Waals surface area contributed by atoms with E-state index in [1.54, 1.807) is 0 Å². The lowest BCUT2D eigenvalue weighted by atomic mass is 9.73. The molecule has 1 N–H and O–H groups in total. The summed E-state index contributed by atoms with van der Waals surface area (Å²) in [5.74, 6) is 0.462. The van der Waals surface area contributed by atoms with E-state index in [-0.39, 0.29) is 11.5 Å². The first-order valence-corrected chi connectivity index (χ1v) is 8.11. The number of unbranched alkanes of at least 4 members (excludes halogenated alkanes) is 5. The van der Waals surface area contributed by atoms with Gasteiger partial charge in [-0.15, -0.1) is 0 Å². The number of rotatable bonds is 10. The van der Waals surface area contributed by atoms with Crippen LogP contribution in [0.15, 0.2) is 0 Å². The van der Waals surface area contributed by atoms with Crippen molar-refractivity contribution < 1.29 is 5.11 Å². The lowest BCUT2D eigenvalue weighted by Gasteiger charge is -2.34. The Hall–Kier alpha value is -0.0400. The van der Waals surface area contributed by atoms with Crippen molar-refractivity contribution in [2.24, 2.45) is 11.3 Å². The first kappa shape index (κ1) is 18.0. The Bertz CT molecular complexity index is 181. The summed E-state index contributed by atoms with van der Waals surface area (Å²) in [6.45, 7) is 11.2. The summed E-state index contributed by atoms with van der Waals surface area (Å²) in [7, 11) is 0. The minimum Gasteiger partial charge on any atom is -0.393 e. The van der Waals surface area contributed by atoms with Crippen molar-refractivity contribution in [2.75, 3.05) is 0 Å². The fraction of sp³-hybridized carbons (Fsp3) is 1.00. The Morgan fingerprint density at radius 2 is 1.33 bits per heavy atom. The van der Waals surface area contributed by atoms with E-state index in [9.17, 15) is 5.11 Å². The fourth-order valence-electron chi connectivity index (χ4n) is 2.84. The summed E-state index contributed by atoms with van der Waals surface area (Å²) >= 11 is 0. The standard InChI is InChI=1S/C17H36O/c1-6-8-9-10-11-12-14-15(17(3,4)5)16(18)13-7-2/h15-16,18H,6-14H2,1-5H3. The van der Waals surface area contributed by atoms with Crippen LogP contribution in [0.5, 0.6) is 0 Å². The third kappa shape index (κ3) is 8.13. The second-order valence-corrected chi connectivity index (χ2v) is 6.88. The Kier molecular flexibility index (Phi) is 9.81. The second kappa shape index (κ2) is 9.83. The Morgan fingerprint density at radius 3 is 1.83 bits per heavy atom. The zero-order valence-electron chi connectivity index (χ0n) is 13.5. The van der Waals surface area contributed by atoms with Gasteiger partial charge in [0, 0.05) is 0 Å². The highest BCUT2D eigenvalue weighted by Gasteiger charge is 2.29. The maximum Gasteiger partial charge on any atom is 0.0573 e. The van der Waals surface area contributed by atoms with Crippen LogP contribution in [0.3, 0.4) is 0 Å². The third-order valence-corrected chi connectivity index (χ3v) is 4.03. The Balaban J connectivity index is 3.95. The molecule has 0 aromatic carbocycles. The SMILES string of the molecule is CCCCCCCCC(C(O)CCC)C(C)(C)C. The summed E-state index contributed by atoms with van der Waals surface area (Å²) in [5, 5.41) is 10.3. The van der Waals surface area contributed by atoms with Gasteiger partial charge in [-0.25, -0.2) is 0 Å². The van der Waals surface area contributed by atoms with E-state index in [0.29, 0.717) is 5.92 Å². The highest BCUT2D eigenvalue weighted by atomic mass is 16.3. The van der Waals surface area contributed by atoms with E-state index in [1.807, 2.05) is 0 Å². The van der Waals surface area contributed by atoms with Gasteiger partial charge in [-0.3, -0.25) is 0 Å². The number of hydrogen-bond donors (Lipinski definition) is 1. The maximum atomic E-state index is 10.3. The molecule has 0 aromatic heterocycles. The molecule has 0 heterocycles. The van der Waals surface area contributed by atoms with Crippen LogP contribution in [-0.4, -0.2) is 11.2 Å². The summed E-state index contributed by atoms with van der Waals surface area (Å²) in [4.78, 5) is 0. The van der Waals surface area contributed by atoms with Crippen LogP contribution in [0.25, 0.3) is 0 Å². The molecule has 0 fully saturated rings. The molecule has 2 unspecified atom stereocenters. The van der Waals surface area contributed by atoms with Gasteiger partial charge in [0.2, 0.25) is 0 Å². The monoisotopic (exact) mass is 256 g/mol. The average Bonchev–Trinajstić information content (AvgIpc) is 2.26. The number of aliphatic hydroxyl groups excluding tert-OH is 1. The van der Waals surface area contributed by atoms with Gasteiger partial charge in [-0.1, -0.05) is 79.6 Å². The van der Waals surface area contributed by atoms with Crippen molar-refractivity contribution in [1.29, 1.82) is 0 Å². The molecule has 0 spiro atoms. The predicted octanol–water partition coefficient (Wildman–Crippen LogP) is 5.56. The van der Waals surface area contributed by atoms with Gasteiger partial charge in [0.15, 0.2) is 0 Å². The summed E-state index contributed by atoms with van der Waals surface area (Å²) in [5.41, 5.74) is 0.234. The Labute approximate surface area is 115 Å². The molecule has 0 saturated carbocycles. The maximum absolute atomic E-state index is 10.3. The van der Waals surface area contributed by atoms with E-state index in [1.165, 1.54) is 44.9 Å². The number of aliphatic hydroxyl groups is 1. The zero-order chi connectivity index (χ0) is 14.0. The van der Waals surface area contributed by atoms with Crippen molar-refractivity contribution in [3.8, 4) is 0 Å². The van der Waals surface area contributed by atoms with Crippen LogP contribution in [0.1, 0.15) is 92.4 Å². The van der Waals surface area contributed by atoms with Crippen LogP contribution in [0.4, 0.5) is 0 Å². The largest absolute Gasteiger partial charge is 0.393 e. The first-order valence-electron chi connectivity index (χ1n) is 8.11. The van der Waals surface area contributed by atoms with Gasteiger partial charge in [-0.05, 0) is 24.2 Å². The predicted molar refractivity (Wildman–Crippen MR) is 81.9 cm³/mol.